The fraction of sp³-hybridized carbons (Fsp3) is 0.316. The third-order valence-electron chi connectivity index (χ3n) is 3.53. The van der Waals surface area contributed by atoms with Crippen molar-refractivity contribution < 1.29 is 9.53 Å². The van der Waals surface area contributed by atoms with Crippen LogP contribution in [0.4, 0.5) is 11.4 Å². The van der Waals surface area contributed by atoms with Crippen molar-refractivity contribution in [3.63, 3.8) is 0 Å². The van der Waals surface area contributed by atoms with Crippen molar-refractivity contribution in [3.05, 3.63) is 50.9 Å². The Bertz CT molecular complexity index is 731. The van der Waals surface area contributed by atoms with Gasteiger partial charge in [0.1, 0.15) is 5.75 Å². The second kappa shape index (κ2) is 9.25. The highest BCUT2D eigenvalue weighted by atomic mass is 79.9. The maximum Gasteiger partial charge on any atom is 0.226 e. The Morgan fingerprint density at radius 2 is 1.76 bits per heavy atom. The Kier molecular flexibility index (Phi) is 7.32. The molecule has 2 rings (SSSR count). The summed E-state index contributed by atoms with van der Waals surface area (Å²) in [5.41, 5.74) is 2.82. The first-order valence-electron chi connectivity index (χ1n) is 8.16. The minimum absolute atomic E-state index is 0.0149. The van der Waals surface area contributed by atoms with Gasteiger partial charge in [-0.1, -0.05) is 29.8 Å². The van der Waals surface area contributed by atoms with Crippen LogP contribution in [0.5, 0.6) is 5.75 Å². The summed E-state index contributed by atoms with van der Waals surface area (Å²) in [4.78, 5) is 11.7. The molecule has 0 fully saturated rings. The molecule has 0 spiro atoms. The Hall–Kier alpha value is -1.53. The standard InChI is InChI=1S/C19H22Br2N2O2/c1-4-25-18-13(9-14(20)10-17(18)21)11-22-15-5-7-16(8-6-15)23-19(24)12(2)3/h5-10,12,22H,4,11H2,1-3H3,(H,23,24). The summed E-state index contributed by atoms with van der Waals surface area (Å²) < 4.78 is 7.66. The van der Waals surface area contributed by atoms with Gasteiger partial charge in [-0.3, -0.25) is 4.79 Å². The predicted molar refractivity (Wildman–Crippen MR) is 110 cm³/mol. The molecule has 0 aliphatic carbocycles. The molecule has 1 amide bonds. The maximum absolute atomic E-state index is 11.7. The summed E-state index contributed by atoms with van der Waals surface area (Å²) in [6.07, 6.45) is 0. The van der Waals surface area contributed by atoms with Crippen LogP contribution in [0.15, 0.2) is 45.3 Å². The lowest BCUT2D eigenvalue weighted by atomic mass is 10.2. The smallest absolute Gasteiger partial charge is 0.226 e. The molecule has 0 aliphatic heterocycles. The van der Waals surface area contributed by atoms with Gasteiger partial charge in [-0.15, -0.1) is 0 Å². The number of rotatable bonds is 7. The SMILES string of the molecule is CCOc1c(Br)cc(Br)cc1CNc1ccc(NC(=O)C(C)C)cc1. The minimum atomic E-state index is -0.0373. The molecule has 2 aromatic rings. The summed E-state index contributed by atoms with van der Waals surface area (Å²) in [5, 5.41) is 6.27. The van der Waals surface area contributed by atoms with Crippen molar-refractivity contribution in [2.75, 3.05) is 17.2 Å². The van der Waals surface area contributed by atoms with E-state index in [9.17, 15) is 4.79 Å². The molecule has 0 unspecified atom stereocenters. The third-order valence-corrected chi connectivity index (χ3v) is 4.58. The lowest BCUT2D eigenvalue weighted by Gasteiger charge is -2.15. The molecular formula is C19H22Br2N2O2. The van der Waals surface area contributed by atoms with Gasteiger partial charge in [-0.05, 0) is 59.3 Å². The van der Waals surface area contributed by atoms with Gasteiger partial charge in [-0.25, -0.2) is 0 Å². The summed E-state index contributed by atoms with van der Waals surface area (Å²) in [7, 11) is 0. The first-order valence-corrected chi connectivity index (χ1v) is 9.74. The lowest BCUT2D eigenvalue weighted by Crippen LogP contribution is -2.17. The van der Waals surface area contributed by atoms with E-state index in [1.54, 1.807) is 0 Å². The van der Waals surface area contributed by atoms with Crippen LogP contribution in [-0.2, 0) is 11.3 Å². The van der Waals surface area contributed by atoms with E-state index in [0.717, 1.165) is 31.6 Å². The minimum Gasteiger partial charge on any atom is -0.492 e. The number of halogens is 2. The number of benzene rings is 2. The lowest BCUT2D eigenvalue weighted by molar-refractivity contribution is -0.118. The number of hydrogen-bond donors (Lipinski definition) is 2. The fourth-order valence-electron chi connectivity index (χ4n) is 2.21. The van der Waals surface area contributed by atoms with E-state index in [-0.39, 0.29) is 11.8 Å². The zero-order valence-corrected chi connectivity index (χ0v) is 17.7. The highest BCUT2D eigenvalue weighted by Crippen LogP contribution is 2.33. The Balaban J connectivity index is 2.05. The van der Waals surface area contributed by atoms with Crippen LogP contribution in [0.3, 0.4) is 0 Å². The van der Waals surface area contributed by atoms with Crippen LogP contribution in [-0.4, -0.2) is 12.5 Å². The Labute approximate surface area is 165 Å². The van der Waals surface area contributed by atoms with Crippen molar-refractivity contribution in [3.8, 4) is 5.75 Å². The van der Waals surface area contributed by atoms with E-state index >= 15 is 0 Å². The van der Waals surface area contributed by atoms with Crippen molar-refractivity contribution in [2.24, 2.45) is 5.92 Å². The van der Waals surface area contributed by atoms with Crippen LogP contribution in [0.25, 0.3) is 0 Å². The molecule has 0 aliphatic rings. The second-order valence-corrected chi connectivity index (χ2v) is 7.65. The van der Waals surface area contributed by atoms with Crippen LogP contribution in [0.1, 0.15) is 26.3 Å². The second-order valence-electron chi connectivity index (χ2n) is 5.88. The van der Waals surface area contributed by atoms with Gasteiger partial charge >= 0.3 is 0 Å². The van der Waals surface area contributed by atoms with Crippen LogP contribution in [0, 0.1) is 5.92 Å². The molecule has 0 saturated carbocycles. The summed E-state index contributed by atoms with van der Waals surface area (Å²) in [6, 6.07) is 11.7. The van der Waals surface area contributed by atoms with E-state index in [1.165, 1.54) is 0 Å². The highest BCUT2D eigenvalue weighted by molar-refractivity contribution is 9.11. The quantitative estimate of drug-likeness (QED) is 0.537. The number of carbonyl (C=O) groups is 1. The number of hydrogen-bond acceptors (Lipinski definition) is 3. The number of anilines is 2. The van der Waals surface area contributed by atoms with Crippen LogP contribution < -0.4 is 15.4 Å². The third kappa shape index (κ3) is 5.75. The summed E-state index contributed by atoms with van der Waals surface area (Å²) >= 11 is 7.06. The first kappa shape index (κ1) is 19.8. The molecule has 0 atom stereocenters. The predicted octanol–water partition coefficient (Wildman–Crippen LogP) is 5.82. The molecule has 134 valence electrons. The zero-order valence-electron chi connectivity index (χ0n) is 14.5. The average molecular weight is 470 g/mol. The van der Waals surface area contributed by atoms with E-state index in [1.807, 2.05) is 57.2 Å². The Morgan fingerprint density at radius 3 is 2.36 bits per heavy atom. The molecule has 2 aromatic carbocycles. The summed E-state index contributed by atoms with van der Waals surface area (Å²) in [6.45, 7) is 6.95. The molecule has 0 saturated heterocycles. The molecule has 6 heteroatoms. The molecule has 0 bridgehead atoms. The van der Waals surface area contributed by atoms with E-state index in [0.29, 0.717) is 13.2 Å². The first-order chi connectivity index (χ1) is 11.9. The topological polar surface area (TPSA) is 50.4 Å². The molecule has 4 nitrogen and oxygen atoms in total. The van der Waals surface area contributed by atoms with Gasteiger partial charge in [0, 0.05) is 33.9 Å². The molecule has 2 N–H and O–H groups in total. The monoisotopic (exact) mass is 468 g/mol. The number of nitrogens with one attached hydrogen (secondary N) is 2. The fourth-order valence-corrected chi connectivity index (χ4v) is 3.63. The molecule has 25 heavy (non-hydrogen) atoms. The van der Waals surface area contributed by atoms with Gasteiger partial charge in [0.05, 0.1) is 11.1 Å². The van der Waals surface area contributed by atoms with Gasteiger partial charge in [0.2, 0.25) is 5.91 Å². The molecule has 0 aromatic heterocycles. The van der Waals surface area contributed by atoms with Gasteiger partial charge in [0.25, 0.3) is 0 Å². The maximum atomic E-state index is 11.7. The number of carbonyl (C=O) groups excluding carboxylic acids is 1. The largest absolute Gasteiger partial charge is 0.492 e. The zero-order chi connectivity index (χ0) is 18.4. The Morgan fingerprint density at radius 1 is 1.12 bits per heavy atom. The van der Waals surface area contributed by atoms with Gasteiger partial charge in [-0.2, -0.15) is 0 Å². The normalized spacial score (nSPS) is 10.6. The van der Waals surface area contributed by atoms with Gasteiger partial charge in [0.15, 0.2) is 0 Å². The average Bonchev–Trinajstić information content (AvgIpc) is 2.56. The van der Waals surface area contributed by atoms with Crippen LogP contribution in [0.2, 0.25) is 0 Å². The van der Waals surface area contributed by atoms with Gasteiger partial charge < -0.3 is 15.4 Å². The van der Waals surface area contributed by atoms with Crippen molar-refractivity contribution in [1.29, 1.82) is 0 Å². The number of ether oxygens (including phenoxy) is 1. The van der Waals surface area contributed by atoms with Crippen molar-refractivity contribution in [1.82, 2.24) is 0 Å². The highest BCUT2D eigenvalue weighted by Gasteiger charge is 2.10. The molecule has 0 heterocycles. The molecule has 0 radical (unpaired) electrons. The van der Waals surface area contributed by atoms with Crippen LogP contribution >= 0.6 is 31.9 Å². The number of amides is 1. The van der Waals surface area contributed by atoms with Crippen molar-refractivity contribution >= 4 is 49.1 Å². The summed E-state index contributed by atoms with van der Waals surface area (Å²) in [5.74, 6) is 0.824. The van der Waals surface area contributed by atoms with Crippen molar-refractivity contribution in [2.45, 2.75) is 27.3 Å². The molecular weight excluding hydrogens is 448 g/mol. The van der Waals surface area contributed by atoms with E-state index in [4.69, 9.17) is 4.74 Å². The van der Waals surface area contributed by atoms with E-state index in [2.05, 4.69) is 42.5 Å². The van der Waals surface area contributed by atoms with E-state index < -0.39 is 0 Å².